The van der Waals surface area contributed by atoms with Crippen molar-refractivity contribution < 1.29 is 13.2 Å². The Kier molecular flexibility index (Phi) is 6.11. The summed E-state index contributed by atoms with van der Waals surface area (Å²) in [5, 5.41) is 3.76. The van der Waals surface area contributed by atoms with Gasteiger partial charge in [0.1, 0.15) is 10.9 Å². The minimum Gasteiger partial charge on any atom is -0.352 e. The minimum atomic E-state index is -3.96. The molecule has 0 aliphatic heterocycles. The van der Waals surface area contributed by atoms with Gasteiger partial charge in [0, 0.05) is 17.6 Å². The average molecular weight is 424 g/mol. The number of carbonyl (C=O) groups is 1. The molecule has 6 nitrogen and oxygen atoms in total. The standard InChI is InChI=1S/C23H25N3O3S/c27-23(25-19-12-4-5-13-19)20(16-17-8-2-1-3-9-17)26-30(28,29)21-14-6-10-18-11-7-15-24-22(18)21/h1-3,6-11,14-15,19-20,26H,4-5,12-13,16H2,(H,25,27). The summed E-state index contributed by atoms with van der Waals surface area (Å²) in [5.74, 6) is -0.289. The van der Waals surface area contributed by atoms with E-state index in [9.17, 15) is 13.2 Å². The Labute approximate surface area is 176 Å². The second-order valence-corrected chi connectivity index (χ2v) is 9.37. The van der Waals surface area contributed by atoms with E-state index in [0.717, 1.165) is 36.6 Å². The van der Waals surface area contributed by atoms with Crippen LogP contribution in [-0.4, -0.2) is 31.4 Å². The van der Waals surface area contributed by atoms with Gasteiger partial charge < -0.3 is 5.32 Å². The number of nitrogens with zero attached hydrogens (tertiary/aromatic N) is 1. The minimum absolute atomic E-state index is 0.0762. The largest absolute Gasteiger partial charge is 0.352 e. The number of carbonyl (C=O) groups excluding carboxylic acids is 1. The SMILES string of the molecule is O=C(NC1CCCC1)C(Cc1ccccc1)NS(=O)(=O)c1cccc2cccnc12. The summed E-state index contributed by atoms with van der Waals surface area (Å²) < 4.78 is 29.2. The van der Waals surface area contributed by atoms with E-state index in [4.69, 9.17) is 0 Å². The summed E-state index contributed by atoms with van der Waals surface area (Å²) in [5.41, 5.74) is 1.28. The Morgan fingerprint density at radius 1 is 1.00 bits per heavy atom. The van der Waals surface area contributed by atoms with Crippen LogP contribution in [0.5, 0.6) is 0 Å². The molecule has 2 aromatic carbocycles. The van der Waals surface area contributed by atoms with Crippen molar-refractivity contribution in [2.24, 2.45) is 0 Å². The van der Waals surface area contributed by atoms with E-state index in [2.05, 4.69) is 15.0 Å². The number of rotatable bonds is 7. The lowest BCUT2D eigenvalue weighted by molar-refractivity contribution is -0.123. The van der Waals surface area contributed by atoms with Crippen LogP contribution in [0.25, 0.3) is 10.9 Å². The van der Waals surface area contributed by atoms with E-state index in [1.165, 1.54) is 6.07 Å². The molecule has 1 fully saturated rings. The molecule has 1 unspecified atom stereocenters. The molecule has 2 N–H and O–H groups in total. The maximum absolute atomic E-state index is 13.3. The van der Waals surface area contributed by atoms with E-state index < -0.39 is 16.1 Å². The fourth-order valence-corrected chi connectivity index (χ4v) is 5.33. The van der Waals surface area contributed by atoms with Crippen LogP contribution >= 0.6 is 0 Å². The van der Waals surface area contributed by atoms with Crippen LogP contribution in [0.1, 0.15) is 31.2 Å². The Morgan fingerprint density at radius 2 is 1.73 bits per heavy atom. The van der Waals surface area contributed by atoms with Crippen LogP contribution < -0.4 is 10.0 Å². The van der Waals surface area contributed by atoms with Gasteiger partial charge in [-0.25, -0.2) is 8.42 Å². The second kappa shape index (κ2) is 8.93. The van der Waals surface area contributed by atoms with Gasteiger partial charge in [-0.15, -0.1) is 0 Å². The number of para-hydroxylation sites is 1. The number of sulfonamides is 1. The summed E-state index contributed by atoms with van der Waals surface area (Å²) in [4.78, 5) is 17.3. The fraction of sp³-hybridized carbons (Fsp3) is 0.304. The summed E-state index contributed by atoms with van der Waals surface area (Å²) in [6, 6.07) is 17.2. The van der Waals surface area contributed by atoms with Crippen molar-refractivity contribution in [1.82, 2.24) is 15.0 Å². The number of benzene rings is 2. The van der Waals surface area contributed by atoms with Crippen LogP contribution in [0, 0.1) is 0 Å². The zero-order valence-corrected chi connectivity index (χ0v) is 17.4. The van der Waals surface area contributed by atoms with Crippen molar-refractivity contribution in [3.8, 4) is 0 Å². The van der Waals surface area contributed by atoms with Gasteiger partial charge in [-0.2, -0.15) is 4.72 Å². The second-order valence-electron chi connectivity index (χ2n) is 7.68. The number of hydrogen-bond acceptors (Lipinski definition) is 4. The maximum Gasteiger partial charge on any atom is 0.243 e. The molecule has 0 radical (unpaired) electrons. The topological polar surface area (TPSA) is 88.2 Å². The molecule has 1 saturated carbocycles. The summed E-state index contributed by atoms with van der Waals surface area (Å²) in [6.45, 7) is 0. The van der Waals surface area contributed by atoms with Gasteiger partial charge in [-0.3, -0.25) is 9.78 Å². The zero-order chi connectivity index (χ0) is 21.0. The number of hydrogen-bond donors (Lipinski definition) is 2. The molecule has 1 atom stereocenters. The maximum atomic E-state index is 13.3. The van der Waals surface area contributed by atoms with Gasteiger partial charge in [0.15, 0.2) is 0 Å². The quantitative estimate of drug-likeness (QED) is 0.611. The first-order chi connectivity index (χ1) is 14.5. The van der Waals surface area contributed by atoms with Gasteiger partial charge in [0.05, 0.1) is 5.52 Å². The monoisotopic (exact) mass is 423 g/mol. The summed E-state index contributed by atoms with van der Waals surface area (Å²) >= 11 is 0. The van der Waals surface area contributed by atoms with Gasteiger partial charge >= 0.3 is 0 Å². The molecule has 1 aromatic heterocycles. The van der Waals surface area contributed by atoms with E-state index in [-0.39, 0.29) is 23.3 Å². The van der Waals surface area contributed by atoms with E-state index >= 15 is 0 Å². The molecule has 3 aromatic rings. The van der Waals surface area contributed by atoms with Crippen molar-refractivity contribution in [2.75, 3.05) is 0 Å². The molecular weight excluding hydrogens is 398 g/mol. The molecule has 1 aliphatic rings. The van der Waals surface area contributed by atoms with E-state index in [1.807, 2.05) is 42.5 Å². The highest BCUT2D eigenvalue weighted by atomic mass is 32.2. The highest BCUT2D eigenvalue weighted by molar-refractivity contribution is 7.89. The molecule has 156 valence electrons. The van der Waals surface area contributed by atoms with Crippen molar-refractivity contribution in [2.45, 2.75) is 49.1 Å². The molecule has 1 amide bonds. The Morgan fingerprint density at radius 3 is 2.50 bits per heavy atom. The van der Waals surface area contributed by atoms with Gasteiger partial charge in [0.25, 0.3) is 0 Å². The van der Waals surface area contributed by atoms with Crippen LogP contribution in [-0.2, 0) is 21.2 Å². The Hall–Kier alpha value is -2.77. The first-order valence-electron chi connectivity index (χ1n) is 10.2. The molecule has 7 heteroatoms. The van der Waals surface area contributed by atoms with Crippen LogP contribution in [0.3, 0.4) is 0 Å². The molecule has 30 heavy (non-hydrogen) atoms. The molecule has 0 spiro atoms. The van der Waals surface area contributed by atoms with E-state index in [0.29, 0.717) is 5.52 Å². The van der Waals surface area contributed by atoms with Gasteiger partial charge in [-0.1, -0.05) is 61.4 Å². The predicted octanol–water partition coefficient (Wildman–Crippen LogP) is 3.18. The Balaban J connectivity index is 1.63. The van der Waals surface area contributed by atoms with Crippen molar-refractivity contribution in [1.29, 1.82) is 0 Å². The third kappa shape index (κ3) is 4.68. The average Bonchev–Trinajstić information content (AvgIpc) is 3.26. The number of nitrogens with one attached hydrogen (secondary N) is 2. The molecule has 0 saturated heterocycles. The van der Waals surface area contributed by atoms with Crippen molar-refractivity contribution in [3.63, 3.8) is 0 Å². The normalized spacial score (nSPS) is 15.9. The lowest BCUT2D eigenvalue weighted by Crippen LogP contribution is -2.50. The smallest absolute Gasteiger partial charge is 0.243 e. The summed E-state index contributed by atoms with van der Waals surface area (Å²) in [6.07, 6.45) is 5.88. The first kappa shape index (κ1) is 20.5. The molecule has 0 bridgehead atoms. The van der Waals surface area contributed by atoms with Crippen molar-refractivity contribution in [3.05, 3.63) is 72.4 Å². The lowest BCUT2D eigenvalue weighted by atomic mass is 10.1. The number of amides is 1. The Bertz CT molecular complexity index is 1120. The van der Waals surface area contributed by atoms with Crippen LogP contribution in [0.4, 0.5) is 0 Å². The molecular formula is C23H25N3O3S. The third-order valence-electron chi connectivity index (χ3n) is 5.48. The van der Waals surface area contributed by atoms with Gasteiger partial charge in [-0.05, 0) is 37.0 Å². The number of aromatic nitrogens is 1. The molecule has 1 aliphatic carbocycles. The van der Waals surface area contributed by atoms with E-state index in [1.54, 1.807) is 18.3 Å². The molecule has 4 rings (SSSR count). The van der Waals surface area contributed by atoms with Crippen molar-refractivity contribution >= 4 is 26.8 Å². The highest BCUT2D eigenvalue weighted by Crippen LogP contribution is 2.22. The highest BCUT2D eigenvalue weighted by Gasteiger charge is 2.29. The number of pyridine rings is 1. The lowest BCUT2D eigenvalue weighted by Gasteiger charge is -2.21. The number of fused-ring (bicyclic) bond motifs is 1. The zero-order valence-electron chi connectivity index (χ0n) is 16.6. The van der Waals surface area contributed by atoms with Gasteiger partial charge in [0.2, 0.25) is 15.9 Å². The van der Waals surface area contributed by atoms with Crippen LogP contribution in [0.2, 0.25) is 0 Å². The van der Waals surface area contributed by atoms with Crippen LogP contribution in [0.15, 0.2) is 71.8 Å². The summed E-state index contributed by atoms with van der Waals surface area (Å²) in [7, 11) is -3.96. The predicted molar refractivity (Wildman–Crippen MR) is 116 cm³/mol. The first-order valence-corrected chi connectivity index (χ1v) is 11.7. The fourth-order valence-electron chi connectivity index (χ4n) is 3.95. The third-order valence-corrected chi connectivity index (χ3v) is 6.99. The molecule has 1 heterocycles.